The second-order valence-electron chi connectivity index (χ2n) is 13.5. The zero-order valence-corrected chi connectivity index (χ0v) is 29.4. The van der Waals surface area contributed by atoms with Gasteiger partial charge in [0.1, 0.15) is 5.69 Å². The molecular weight excluding hydrogens is 659 g/mol. The largest absolute Gasteiger partial charge is 0.369 e. The number of H-pyrrole nitrogens is 2. The molecule has 0 radical (unpaired) electrons. The number of sulfonamides is 1. The van der Waals surface area contributed by atoms with E-state index in [1.165, 1.54) is 18.2 Å². The molecule has 2 aliphatic rings. The average molecular weight is 700 g/mol. The van der Waals surface area contributed by atoms with Crippen molar-refractivity contribution >= 4 is 32.5 Å². The minimum absolute atomic E-state index is 0.114. The van der Waals surface area contributed by atoms with E-state index in [0.29, 0.717) is 25.2 Å². The second-order valence-corrected chi connectivity index (χ2v) is 15.5. The summed E-state index contributed by atoms with van der Waals surface area (Å²) in [5.74, 6) is -0.324. The first-order valence-electron chi connectivity index (χ1n) is 17.4. The van der Waals surface area contributed by atoms with Crippen LogP contribution in [0.15, 0.2) is 110 Å². The summed E-state index contributed by atoms with van der Waals surface area (Å²) in [5, 5.41) is 3.89. The molecular formula is C40H41N7O3S. The number of fused-ring (bicyclic) bond motifs is 2. The van der Waals surface area contributed by atoms with Crippen LogP contribution in [0.1, 0.15) is 44.3 Å². The quantitative estimate of drug-likeness (QED) is 0.169. The van der Waals surface area contributed by atoms with E-state index in [4.69, 9.17) is 0 Å². The standard InChI is InChI=1S/C40H41N7O3S/c1-45-18-20-46(21-19-45)33-14-12-30(13-15-33)31-10-11-32-25-47(39(35(32)22-31)36-23-43-37-5-3-2-4-34(36)37)51(49,50)26-29-8-6-28(7-9-29)16-17-42-40(48)38-24-41-27-44-38/h2-15,22-24,27,39,43H,16-21,25-26H2,1H3,(H,41,44)(H,42,48)/t39-/m1/s1. The van der Waals surface area contributed by atoms with Gasteiger partial charge in [0.05, 0.1) is 24.3 Å². The third kappa shape index (κ3) is 6.80. The monoisotopic (exact) mass is 699 g/mol. The van der Waals surface area contributed by atoms with E-state index < -0.39 is 16.1 Å². The Morgan fingerprint density at radius 3 is 2.37 bits per heavy atom. The van der Waals surface area contributed by atoms with Crippen molar-refractivity contribution in [1.82, 2.24) is 29.5 Å². The summed E-state index contributed by atoms with van der Waals surface area (Å²) >= 11 is 0. The summed E-state index contributed by atoms with van der Waals surface area (Å²) in [6.07, 6.45) is 5.54. The van der Waals surface area contributed by atoms with Crippen LogP contribution in [0.5, 0.6) is 0 Å². The SMILES string of the molecule is CN1CCN(c2ccc(-c3ccc4c(c3)[C@H](c3c[nH]c5ccccc35)N(S(=O)(=O)Cc3ccc(CCNC(=O)c5cnc[nH]5)cc3)C4)cc2)CC1. The Morgan fingerprint density at radius 1 is 0.863 bits per heavy atom. The van der Waals surface area contributed by atoms with Crippen LogP contribution >= 0.6 is 0 Å². The van der Waals surface area contributed by atoms with Gasteiger partial charge in [0.15, 0.2) is 0 Å². The second kappa shape index (κ2) is 13.8. The predicted octanol–water partition coefficient (Wildman–Crippen LogP) is 5.72. The molecule has 6 aromatic rings. The van der Waals surface area contributed by atoms with Crippen LogP contribution in [0.25, 0.3) is 22.0 Å². The van der Waals surface area contributed by atoms with Crippen LogP contribution in [0.2, 0.25) is 0 Å². The topological polar surface area (TPSA) is 117 Å². The molecule has 260 valence electrons. The highest BCUT2D eigenvalue weighted by atomic mass is 32.2. The lowest BCUT2D eigenvalue weighted by molar-refractivity contribution is 0.0949. The summed E-state index contributed by atoms with van der Waals surface area (Å²) in [4.78, 5) is 27.1. The van der Waals surface area contributed by atoms with Gasteiger partial charge in [0.2, 0.25) is 10.0 Å². The molecule has 0 spiro atoms. The van der Waals surface area contributed by atoms with Gasteiger partial charge in [-0.15, -0.1) is 0 Å². The number of carbonyl (C=O) groups is 1. The normalized spacial score (nSPS) is 16.8. The van der Waals surface area contributed by atoms with Gasteiger partial charge < -0.3 is 25.1 Å². The molecule has 51 heavy (non-hydrogen) atoms. The molecule has 2 aromatic heterocycles. The molecule has 1 saturated heterocycles. The van der Waals surface area contributed by atoms with Crippen molar-refractivity contribution in [1.29, 1.82) is 0 Å². The molecule has 8 rings (SSSR count). The molecule has 0 bridgehead atoms. The molecule has 0 saturated carbocycles. The number of aromatic nitrogens is 3. The van der Waals surface area contributed by atoms with Gasteiger partial charge >= 0.3 is 0 Å². The number of benzene rings is 4. The van der Waals surface area contributed by atoms with Crippen molar-refractivity contribution in [3.05, 3.63) is 143 Å². The van der Waals surface area contributed by atoms with Crippen molar-refractivity contribution in [2.24, 2.45) is 0 Å². The number of piperazine rings is 1. The molecule has 4 aromatic carbocycles. The number of para-hydroxylation sites is 1. The van der Waals surface area contributed by atoms with Crippen molar-refractivity contribution in [2.75, 3.05) is 44.7 Å². The summed E-state index contributed by atoms with van der Waals surface area (Å²) in [6.45, 7) is 4.90. The van der Waals surface area contributed by atoms with Crippen LogP contribution in [0.4, 0.5) is 5.69 Å². The summed E-state index contributed by atoms with van der Waals surface area (Å²) in [6, 6.07) is 30.4. The van der Waals surface area contributed by atoms with E-state index in [-0.39, 0.29) is 11.7 Å². The van der Waals surface area contributed by atoms with Gasteiger partial charge in [0, 0.05) is 67.6 Å². The Hall–Kier alpha value is -5.23. The Bertz CT molecular complexity index is 2260. The first-order chi connectivity index (χ1) is 24.8. The lowest BCUT2D eigenvalue weighted by Gasteiger charge is -2.34. The number of anilines is 1. The maximum atomic E-state index is 14.4. The zero-order valence-electron chi connectivity index (χ0n) is 28.5. The van der Waals surface area contributed by atoms with Crippen molar-refractivity contribution in [3.63, 3.8) is 0 Å². The third-order valence-corrected chi connectivity index (χ3v) is 12.0. The summed E-state index contributed by atoms with van der Waals surface area (Å²) in [5.41, 5.74) is 9.49. The fourth-order valence-electron chi connectivity index (χ4n) is 7.31. The van der Waals surface area contributed by atoms with E-state index >= 15 is 0 Å². The van der Waals surface area contributed by atoms with E-state index in [1.54, 1.807) is 4.31 Å². The molecule has 0 aliphatic carbocycles. The molecule has 1 amide bonds. The molecule has 0 unspecified atom stereocenters. The smallest absolute Gasteiger partial charge is 0.269 e. The zero-order chi connectivity index (χ0) is 35.0. The average Bonchev–Trinajstić information content (AvgIpc) is 3.92. The summed E-state index contributed by atoms with van der Waals surface area (Å²) in [7, 11) is -1.58. The minimum atomic E-state index is -3.75. The highest BCUT2D eigenvalue weighted by molar-refractivity contribution is 7.88. The van der Waals surface area contributed by atoms with Crippen LogP contribution in [-0.4, -0.2) is 78.3 Å². The lowest BCUT2D eigenvalue weighted by atomic mass is 9.94. The van der Waals surface area contributed by atoms with Gasteiger partial charge in [-0.1, -0.05) is 66.7 Å². The Kier molecular flexibility index (Phi) is 8.93. The number of nitrogens with zero attached hydrogens (tertiary/aromatic N) is 4. The van der Waals surface area contributed by atoms with E-state index in [2.05, 4.69) is 85.6 Å². The number of amides is 1. The number of carbonyl (C=O) groups excluding carboxylic acids is 1. The third-order valence-electron chi connectivity index (χ3n) is 10.2. The Morgan fingerprint density at radius 2 is 1.61 bits per heavy atom. The van der Waals surface area contributed by atoms with Gasteiger partial charge in [-0.25, -0.2) is 13.4 Å². The highest BCUT2D eigenvalue weighted by Crippen LogP contribution is 2.45. The van der Waals surface area contributed by atoms with Gasteiger partial charge in [0.25, 0.3) is 5.91 Å². The minimum Gasteiger partial charge on any atom is -0.369 e. The Labute approximate surface area is 298 Å². The predicted molar refractivity (Wildman–Crippen MR) is 201 cm³/mol. The Balaban J connectivity index is 1.04. The van der Waals surface area contributed by atoms with E-state index in [1.807, 2.05) is 48.7 Å². The molecule has 1 atom stereocenters. The van der Waals surface area contributed by atoms with Gasteiger partial charge in [-0.3, -0.25) is 4.79 Å². The van der Waals surface area contributed by atoms with Crippen molar-refractivity contribution in [2.45, 2.75) is 24.8 Å². The number of rotatable bonds is 10. The molecule has 3 N–H and O–H groups in total. The van der Waals surface area contributed by atoms with Crippen LogP contribution in [0, 0.1) is 0 Å². The van der Waals surface area contributed by atoms with Crippen LogP contribution in [-0.2, 0) is 28.7 Å². The fourth-order valence-corrected chi connectivity index (χ4v) is 8.97. The van der Waals surface area contributed by atoms with Crippen LogP contribution < -0.4 is 10.2 Å². The van der Waals surface area contributed by atoms with Gasteiger partial charge in [-0.2, -0.15) is 4.31 Å². The number of hydrogen-bond donors (Lipinski definition) is 3. The van der Waals surface area contributed by atoms with Gasteiger partial charge in [-0.05, 0) is 71.1 Å². The molecule has 4 heterocycles. The lowest BCUT2D eigenvalue weighted by Crippen LogP contribution is -2.44. The number of likely N-dealkylation sites (N-methyl/N-ethyl adjacent to an activating group) is 1. The number of aromatic amines is 2. The maximum Gasteiger partial charge on any atom is 0.269 e. The summed E-state index contributed by atoms with van der Waals surface area (Å²) < 4.78 is 30.4. The maximum absolute atomic E-state index is 14.4. The molecule has 2 aliphatic heterocycles. The number of imidazole rings is 1. The fraction of sp³-hybridized carbons (Fsp3) is 0.250. The highest BCUT2D eigenvalue weighted by Gasteiger charge is 2.40. The van der Waals surface area contributed by atoms with Crippen molar-refractivity contribution in [3.8, 4) is 11.1 Å². The number of hydrogen-bond acceptors (Lipinski definition) is 6. The molecule has 10 nitrogen and oxygen atoms in total. The van der Waals surface area contributed by atoms with Crippen LogP contribution in [0.3, 0.4) is 0 Å². The van der Waals surface area contributed by atoms with Crippen molar-refractivity contribution < 1.29 is 13.2 Å². The molecule has 11 heteroatoms. The van der Waals surface area contributed by atoms with E-state index in [9.17, 15) is 13.2 Å². The first-order valence-corrected chi connectivity index (χ1v) is 19.0. The molecule has 1 fully saturated rings. The first kappa shape index (κ1) is 32.9. The van der Waals surface area contributed by atoms with E-state index in [0.717, 1.165) is 76.0 Å². The number of nitrogens with one attached hydrogen (secondary N) is 3.